The van der Waals surface area contributed by atoms with Crippen molar-refractivity contribution in [3.63, 3.8) is 0 Å². The molecular formula is C39H43F3N8O9. The van der Waals surface area contributed by atoms with E-state index in [2.05, 4.69) is 25.9 Å². The minimum Gasteiger partial charge on any atom is -0.495 e. The molecule has 1 aromatic heterocycles. The summed E-state index contributed by atoms with van der Waals surface area (Å²) in [6.45, 7) is 4.06. The van der Waals surface area contributed by atoms with Crippen molar-refractivity contribution >= 4 is 52.8 Å². The first kappa shape index (κ1) is 42.5. The number of piperazine rings is 1. The van der Waals surface area contributed by atoms with Gasteiger partial charge in [-0.1, -0.05) is 13.0 Å². The molecule has 0 saturated carbocycles. The summed E-state index contributed by atoms with van der Waals surface area (Å²) in [5.74, 6) is -2.49. The Labute approximate surface area is 336 Å². The van der Waals surface area contributed by atoms with E-state index in [4.69, 9.17) is 14.2 Å². The van der Waals surface area contributed by atoms with Crippen LogP contribution >= 0.6 is 0 Å². The molecule has 1 atom stereocenters. The number of nitrogens with zero attached hydrogens (tertiary/aromatic N) is 5. The number of alkyl halides is 3. The zero-order chi connectivity index (χ0) is 42.3. The number of benzene rings is 2. The number of anilines is 3. The van der Waals surface area contributed by atoms with E-state index in [-0.39, 0.29) is 92.4 Å². The molecule has 3 N–H and O–H groups in total. The number of nitrogens with one attached hydrogen (secondary N) is 3. The summed E-state index contributed by atoms with van der Waals surface area (Å²) in [4.78, 5) is 88.3. The third-order valence-electron chi connectivity index (χ3n) is 9.98. The Hall–Kier alpha value is -6.15. The lowest BCUT2D eigenvalue weighted by molar-refractivity contribution is -0.139. The summed E-state index contributed by atoms with van der Waals surface area (Å²) in [6, 6.07) is 8.39. The standard InChI is InChI=1S/C39H43F3N8O9/c1-3-26-25(39(40,41)42)22-44-38(45-26)46-27-8-7-23(21-30(27)57-2)35(54)49-15-13-48(14-16-49)32(52)11-17-58-19-20-59-18-12-43-28-6-4-5-24-33(28)37(56)50(36(24)55)29-9-10-31(51)47-34(29)53/h4-8,21-22,29,43H,3,9-20H2,1-2H3,(H,44,45,46)(H,47,51,53). The van der Waals surface area contributed by atoms with Gasteiger partial charge in [0.15, 0.2) is 0 Å². The number of halogens is 3. The number of hydrogen-bond donors (Lipinski definition) is 3. The molecule has 0 spiro atoms. The summed E-state index contributed by atoms with van der Waals surface area (Å²) in [7, 11) is 1.40. The smallest absolute Gasteiger partial charge is 0.419 e. The molecule has 2 aromatic carbocycles. The maximum Gasteiger partial charge on any atom is 0.419 e. The summed E-state index contributed by atoms with van der Waals surface area (Å²) >= 11 is 0. The van der Waals surface area contributed by atoms with Crippen molar-refractivity contribution < 1.29 is 56.1 Å². The van der Waals surface area contributed by atoms with Crippen LogP contribution in [0.15, 0.2) is 42.6 Å². The van der Waals surface area contributed by atoms with Crippen LogP contribution in [0.4, 0.5) is 30.5 Å². The fourth-order valence-corrected chi connectivity index (χ4v) is 6.93. The lowest BCUT2D eigenvalue weighted by Gasteiger charge is -2.35. The predicted octanol–water partition coefficient (Wildman–Crippen LogP) is 3.03. The quantitative estimate of drug-likeness (QED) is 0.141. The maximum absolute atomic E-state index is 13.3. The largest absolute Gasteiger partial charge is 0.495 e. The number of carbonyl (C=O) groups is 6. The average Bonchev–Trinajstić information content (AvgIpc) is 3.48. The average molecular weight is 825 g/mol. The van der Waals surface area contributed by atoms with Crippen molar-refractivity contribution in [2.75, 3.05) is 76.9 Å². The molecule has 17 nitrogen and oxygen atoms in total. The Morgan fingerprint density at radius 1 is 0.932 bits per heavy atom. The van der Waals surface area contributed by atoms with Gasteiger partial charge in [0.25, 0.3) is 17.7 Å². The Kier molecular flexibility index (Phi) is 13.4. The molecule has 0 radical (unpaired) electrons. The van der Waals surface area contributed by atoms with E-state index in [9.17, 15) is 41.9 Å². The molecule has 2 saturated heterocycles. The highest BCUT2D eigenvalue weighted by Crippen LogP contribution is 2.34. The molecule has 4 heterocycles. The van der Waals surface area contributed by atoms with Crippen molar-refractivity contribution in [2.24, 2.45) is 0 Å². The Morgan fingerprint density at radius 2 is 1.66 bits per heavy atom. The molecule has 314 valence electrons. The fourth-order valence-electron chi connectivity index (χ4n) is 6.93. The SMILES string of the molecule is CCc1nc(Nc2ccc(C(=O)N3CCN(C(=O)CCOCCOCCNc4cccc5c4C(=O)N(C4CCC(=O)NC4=O)C5=O)CC3)cc2OC)ncc1C(F)(F)F. The van der Waals surface area contributed by atoms with Gasteiger partial charge in [-0.15, -0.1) is 0 Å². The normalized spacial score (nSPS) is 16.9. The van der Waals surface area contributed by atoms with Crippen molar-refractivity contribution in [2.45, 2.75) is 44.8 Å². The summed E-state index contributed by atoms with van der Waals surface area (Å²) < 4.78 is 56.5. The van der Waals surface area contributed by atoms with E-state index in [1.165, 1.54) is 19.2 Å². The number of ether oxygens (including phenoxy) is 3. The van der Waals surface area contributed by atoms with E-state index in [0.717, 1.165) is 11.1 Å². The highest BCUT2D eigenvalue weighted by molar-refractivity contribution is 6.25. The summed E-state index contributed by atoms with van der Waals surface area (Å²) in [5, 5.41) is 8.14. The van der Waals surface area contributed by atoms with Crippen LogP contribution in [0.5, 0.6) is 5.75 Å². The molecule has 3 aromatic rings. The molecule has 20 heteroatoms. The molecule has 0 bridgehead atoms. The number of methoxy groups -OCH3 is 1. The summed E-state index contributed by atoms with van der Waals surface area (Å²) in [6.07, 6.45) is -3.55. The zero-order valence-electron chi connectivity index (χ0n) is 32.4. The van der Waals surface area contributed by atoms with Crippen molar-refractivity contribution in [3.8, 4) is 5.75 Å². The number of hydrogen-bond acceptors (Lipinski definition) is 13. The number of carbonyl (C=O) groups excluding carboxylic acids is 6. The lowest BCUT2D eigenvalue weighted by Crippen LogP contribution is -2.54. The Bertz CT molecular complexity index is 2110. The topological polar surface area (TPSA) is 202 Å². The van der Waals surface area contributed by atoms with Crippen LogP contribution in [0.3, 0.4) is 0 Å². The molecule has 3 aliphatic heterocycles. The van der Waals surface area contributed by atoms with Crippen LogP contribution in [0.2, 0.25) is 0 Å². The first-order valence-corrected chi connectivity index (χ1v) is 19.0. The number of aryl methyl sites for hydroxylation is 1. The van der Waals surface area contributed by atoms with Gasteiger partial charge in [-0.25, -0.2) is 9.97 Å². The predicted molar refractivity (Wildman–Crippen MR) is 203 cm³/mol. The van der Waals surface area contributed by atoms with E-state index in [1.807, 2.05) is 0 Å². The van der Waals surface area contributed by atoms with Crippen LogP contribution in [-0.2, 0) is 36.5 Å². The van der Waals surface area contributed by atoms with E-state index in [1.54, 1.807) is 41.0 Å². The third kappa shape index (κ3) is 9.77. The maximum atomic E-state index is 13.3. The number of imide groups is 2. The van der Waals surface area contributed by atoms with E-state index >= 15 is 0 Å². The van der Waals surface area contributed by atoms with Gasteiger partial charge >= 0.3 is 6.18 Å². The number of amides is 6. The van der Waals surface area contributed by atoms with Crippen LogP contribution < -0.4 is 20.7 Å². The Morgan fingerprint density at radius 3 is 2.36 bits per heavy atom. The molecule has 0 aliphatic carbocycles. The van der Waals surface area contributed by atoms with Gasteiger partial charge in [0.1, 0.15) is 11.8 Å². The number of fused-ring (bicyclic) bond motifs is 1. The lowest BCUT2D eigenvalue weighted by atomic mass is 10.0. The first-order valence-electron chi connectivity index (χ1n) is 19.0. The molecule has 6 amide bonds. The molecular weight excluding hydrogens is 781 g/mol. The van der Waals surface area contributed by atoms with E-state index in [0.29, 0.717) is 49.7 Å². The first-order chi connectivity index (χ1) is 28.3. The second kappa shape index (κ2) is 18.6. The van der Waals surface area contributed by atoms with E-state index < -0.39 is 41.4 Å². The third-order valence-corrected chi connectivity index (χ3v) is 9.98. The number of rotatable bonds is 16. The Balaban J connectivity index is 0.872. The zero-order valence-corrected chi connectivity index (χ0v) is 32.4. The van der Waals surface area contributed by atoms with Crippen LogP contribution in [0.1, 0.15) is 68.5 Å². The van der Waals surface area contributed by atoms with Crippen molar-refractivity contribution in [1.82, 2.24) is 30.0 Å². The molecule has 1 unspecified atom stereocenters. The highest BCUT2D eigenvalue weighted by Gasteiger charge is 2.45. The van der Waals surface area contributed by atoms with Gasteiger partial charge < -0.3 is 34.6 Å². The monoisotopic (exact) mass is 824 g/mol. The highest BCUT2D eigenvalue weighted by atomic mass is 19.4. The van der Waals surface area contributed by atoms with Gasteiger partial charge in [0.2, 0.25) is 23.7 Å². The van der Waals surface area contributed by atoms with Crippen LogP contribution in [-0.4, -0.2) is 132 Å². The second-order valence-electron chi connectivity index (χ2n) is 13.7. The minimum absolute atomic E-state index is 0.0310. The molecule has 6 rings (SSSR count). The van der Waals surface area contributed by atoms with Gasteiger partial charge in [0.05, 0.1) is 68.0 Å². The van der Waals surface area contributed by atoms with Crippen LogP contribution in [0.25, 0.3) is 0 Å². The van der Waals surface area contributed by atoms with Crippen molar-refractivity contribution in [1.29, 1.82) is 0 Å². The number of aromatic nitrogens is 2. The van der Waals surface area contributed by atoms with Gasteiger partial charge in [0, 0.05) is 56.6 Å². The number of piperidine rings is 1. The van der Waals surface area contributed by atoms with Gasteiger partial charge in [-0.2, -0.15) is 13.2 Å². The molecule has 2 fully saturated rings. The van der Waals surface area contributed by atoms with Crippen LogP contribution in [0, 0.1) is 0 Å². The fraction of sp³-hybridized carbons (Fsp3) is 0.436. The molecule has 3 aliphatic rings. The second-order valence-corrected chi connectivity index (χ2v) is 13.7. The van der Waals surface area contributed by atoms with Gasteiger partial charge in [-0.05, 0) is 43.2 Å². The minimum atomic E-state index is -4.58. The van der Waals surface area contributed by atoms with Gasteiger partial charge in [-0.3, -0.25) is 39.0 Å². The van der Waals surface area contributed by atoms with Crippen molar-refractivity contribution in [3.05, 3.63) is 70.5 Å². The summed E-state index contributed by atoms with van der Waals surface area (Å²) in [5.41, 5.74) is 0.383. The molecule has 59 heavy (non-hydrogen) atoms.